The summed E-state index contributed by atoms with van der Waals surface area (Å²) in [5.74, 6) is 0.236. The summed E-state index contributed by atoms with van der Waals surface area (Å²) in [5, 5.41) is 4.03. The first-order chi connectivity index (χ1) is 12.2. The van der Waals surface area contributed by atoms with Crippen LogP contribution >= 0.6 is 0 Å². The first-order valence-corrected chi connectivity index (χ1v) is 8.56. The number of likely N-dealkylation sites (N-methyl/N-ethyl adjacent to an activating group) is 1. The molecule has 0 saturated heterocycles. The fourth-order valence-corrected chi connectivity index (χ4v) is 2.91. The minimum Gasteiger partial charge on any atom is -0.462 e. The second-order valence-corrected chi connectivity index (χ2v) is 5.79. The third-order valence-corrected chi connectivity index (χ3v) is 4.20. The van der Waals surface area contributed by atoms with Crippen molar-refractivity contribution in [3.05, 3.63) is 59.2 Å². The van der Waals surface area contributed by atoms with Crippen molar-refractivity contribution in [2.45, 2.75) is 20.3 Å². The summed E-state index contributed by atoms with van der Waals surface area (Å²) in [6.45, 7) is 6.42. The number of ether oxygens (including phenoxy) is 1. The third-order valence-electron chi connectivity index (χ3n) is 4.20. The zero-order valence-corrected chi connectivity index (χ0v) is 14.6. The summed E-state index contributed by atoms with van der Waals surface area (Å²) >= 11 is 0. The molecule has 0 atom stereocenters. The topological polar surface area (TPSA) is 51.1 Å². The first kappa shape index (κ1) is 17.0. The lowest BCUT2D eigenvalue weighted by molar-refractivity contribution is 0.0526. The summed E-state index contributed by atoms with van der Waals surface area (Å²) in [7, 11) is 0. The highest BCUT2D eigenvalue weighted by molar-refractivity contribution is 5.89. The highest BCUT2D eigenvalue weighted by Crippen LogP contribution is 2.28. The van der Waals surface area contributed by atoms with Crippen molar-refractivity contribution in [3.8, 4) is 5.75 Å². The van der Waals surface area contributed by atoms with Crippen LogP contribution in [0, 0.1) is 0 Å². The van der Waals surface area contributed by atoms with Crippen LogP contribution in [0.3, 0.4) is 0 Å². The number of oxime groups is 1. The second kappa shape index (κ2) is 7.83. The first-order valence-electron chi connectivity index (χ1n) is 8.56. The Bertz CT molecular complexity index is 769. The van der Waals surface area contributed by atoms with Crippen LogP contribution in [0.4, 0.5) is 5.69 Å². The van der Waals surface area contributed by atoms with Gasteiger partial charge in [0.2, 0.25) is 0 Å². The van der Waals surface area contributed by atoms with Gasteiger partial charge in [-0.1, -0.05) is 11.2 Å². The van der Waals surface area contributed by atoms with Crippen LogP contribution in [0.5, 0.6) is 5.75 Å². The lowest BCUT2D eigenvalue weighted by atomic mass is 10.1. The molecule has 0 amide bonds. The third kappa shape index (κ3) is 3.99. The van der Waals surface area contributed by atoms with Crippen LogP contribution in [0.1, 0.15) is 35.3 Å². The van der Waals surface area contributed by atoms with Crippen LogP contribution in [-0.2, 0) is 11.2 Å². The van der Waals surface area contributed by atoms with Crippen molar-refractivity contribution < 1.29 is 14.4 Å². The number of benzene rings is 2. The van der Waals surface area contributed by atoms with E-state index in [9.17, 15) is 4.79 Å². The number of rotatable bonds is 6. The highest BCUT2D eigenvalue weighted by Gasteiger charge is 2.17. The molecule has 0 radical (unpaired) electrons. The summed E-state index contributed by atoms with van der Waals surface area (Å²) < 4.78 is 4.95. The fourth-order valence-electron chi connectivity index (χ4n) is 2.91. The maximum atomic E-state index is 11.6. The van der Waals surface area contributed by atoms with Gasteiger partial charge in [0.1, 0.15) is 0 Å². The predicted molar refractivity (Wildman–Crippen MR) is 98.7 cm³/mol. The SMILES string of the molecule is CCOC(=O)c1ccc(O/N=C/c2ccc3c(c2)CCN3CC)cc1. The van der Waals surface area contributed by atoms with Gasteiger partial charge in [-0.3, -0.25) is 0 Å². The van der Waals surface area contributed by atoms with E-state index in [0.717, 1.165) is 25.1 Å². The van der Waals surface area contributed by atoms with Crippen LogP contribution in [0.2, 0.25) is 0 Å². The zero-order valence-electron chi connectivity index (χ0n) is 14.6. The molecular formula is C20H22N2O3. The number of esters is 1. The van der Waals surface area contributed by atoms with Gasteiger partial charge in [0.15, 0.2) is 5.75 Å². The van der Waals surface area contributed by atoms with Gasteiger partial charge in [0.05, 0.1) is 18.4 Å². The largest absolute Gasteiger partial charge is 0.462 e. The van der Waals surface area contributed by atoms with Gasteiger partial charge in [-0.15, -0.1) is 0 Å². The number of carbonyl (C=O) groups excluding carboxylic acids is 1. The quantitative estimate of drug-likeness (QED) is 0.458. The summed E-state index contributed by atoms with van der Waals surface area (Å²) in [6.07, 6.45) is 2.77. The molecule has 0 N–H and O–H groups in total. The Kier molecular flexibility index (Phi) is 5.33. The van der Waals surface area contributed by atoms with E-state index in [-0.39, 0.29) is 5.97 Å². The second-order valence-electron chi connectivity index (χ2n) is 5.79. The molecule has 25 heavy (non-hydrogen) atoms. The van der Waals surface area contributed by atoms with Crippen molar-refractivity contribution in [1.82, 2.24) is 0 Å². The number of hydrogen-bond donors (Lipinski definition) is 0. The minimum atomic E-state index is -0.336. The fraction of sp³-hybridized carbons (Fsp3) is 0.300. The maximum absolute atomic E-state index is 11.6. The van der Waals surface area contributed by atoms with Gasteiger partial charge in [-0.05, 0) is 67.8 Å². The van der Waals surface area contributed by atoms with Gasteiger partial charge < -0.3 is 14.5 Å². The highest BCUT2D eigenvalue weighted by atomic mass is 16.6. The lowest BCUT2D eigenvalue weighted by Crippen LogP contribution is -2.18. The van der Waals surface area contributed by atoms with Crippen molar-refractivity contribution in [2.24, 2.45) is 5.16 Å². The van der Waals surface area contributed by atoms with E-state index in [1.165, 1.54) is 11.3 Å². The van der Waals surface area contributed by atoms with E-state index in [2.05, 4.69) is 29.1 Å². The number of hydrogen-bond acceptors (Lipinski definition) is 5. The molecule has 1 heterocycles. The Morgan fingerprint density at radius 1 is 1.20 bits per heavy atom. The van der Waals surface area contributed by atoms with E-state index in [1.54, 1.807) is 37.4 Å². The Labute approximate surface area is 147 Å². The van der Waals surface area contributed by atoms with Gasteiger partial charge >= 0.3 is 5.97 Å². The smallest absolute Gasteiger partial charge is 0.338 e. The van der Waals surface area contributed by atoms with Crippen molar-refractivity contribution in [2.75, 3.05) is 24.6 Å². The van der Waals surface area contributed by atoms with Crippen molar-refractivity contribution >= 4 is 17.9 Å². The molecule has 0 aliphatic carbocycles. The molecule has 0 bridgehead atoms. The van der Waals surface area contributed by atoms with Gasteiger partial charge in [0, 0.05) is 18.8 Å². The van der Waals surface area contributed by atoms with Crippen LogP contribution < -0.4 is 9.74 Å². The molecule has 2 aromatic carbocycles. The maximum Gasteiger partial charge on any atom is 0.338 e. The van der Waals surface area contributed by atoms with Crippen molar-refractivity contribution in [1.29, 1.82) is 0 Å². The average molecular weight is 338 g/mol. The molecule has 2 aromatic rings. The number of fused-ring (bicyclic) bond motifs is 1. The molecule has 0 aromatic heterocycles. The predicted octanol–water partition coefficient (Wildman–Crippen LogP) is 3.66. The standard InChI is InChI=1S/C20H22N2O3/c1-3-22-12-11-17-13-15(5-10-19(17)22)14-21-25-18-8-6-16(7-9-18)20(23)24-4-2/h5-10,13-14H,3-4,11-12H2,1-2H3/b21-14+. The molecule has 0 saturated carbocycles. The minimum absolute atomic E-state index is 0.336. The number of carbonyl (C=O) groups is 1. The number of nitrogens with zero attached hydrogens (tertiary/aromatic N) is 2. The van der Waals surface area contributed by atoms with E-state index in [0.29, 0.717) is 17.9 Å². The van der Waals surface area contributed by atoms with E-state index in [4.69, 9.17) is 9.57 Å². The molecule has 0 unspecified atom stereocenters. The van der Waals surface area contributed by atoms with Crippen LogP contribution in [-0.4, -0.2) is 31.9 Å². The van der Waals surface area contributed by atoms with Crippen LogP contribution in [0.15, 0.2) is 47.6 Å². The summed E-state index contributed by atoms with van der Waals surface area (Å²) in [6, 6.07) is 13.1. The molecule has 1 aliphatic rings. The molecule has 5 heteroatoms. The molecule has 0 spiro atoms. The normalized spacial score (nSPS) is 13.1. The van der Waals surface area contributed by atoms with Crippen molar-refractivity contribution in [3.63, 3.8) is 0 Å². The Balaban J connectivity index is 1.61. The zero-order chi connectivity index (χ0) is 17.6. The lowest BCUT2D eigenvalue weighted by Gasteiger charge is -2.16. The number of anilines is 1. The van der Waals surface area contributed by atoms with Gasteiger partial charge in [-0.25, -0.2) is 4.79 Å². The molecule has 130 valence electrons. The van der Waals surface area contributed by atoms with E-state index >= 15 is 0 Å². The Hall–Kier alpha value is -2.82. The molecular weight excluding hydrogens is 316 g/mol. The Morgan fingerprint density at radius 2 is 2.00 bits per heavy atom. The monoisotopic (exact) mass is 338 g/mol. The molecule has 0 fully saturated rings. The van der Waals surface area contributed by atoms with Gasteiger partial charge in [0.25, 0.3) is 0 Å². The summed E-state index contributed by atoms with van der Waals surface area (Å²) in [4.78, 5) is 19.3. The van der Waals surface area contributed by atoms with E-state index in [1.807, 2.05) is 6.07 Å². The average Bonchev–Trinajstić information content (AvgIpc) is 3.05. The molecule has 5 nitrogen and oxygen atoms in total. The Morgan fingerprint density at radius 3 is 2.72 bits per heavy atom. The van der Waals surface area contributed by atoms with Crippen LogP contribution in [0.25, 0.3) is 0 Å². The van der Waals surface area contributed by atoms with Gasteiger partial charge in [-0.2, -0.15) is 0 Å². The molecule has 1 aliphatic heterocycles. The molecule has 3 rings (SSSR count). The van der Waals surface area contributed by atoms with E-state index < -0.39 is 0 Å². The summed E-state index contributed by atoms with van der Waals surface area (Å²) in [5.41, 5.74) is 4.18.